The van der Waals surface area contributed by atoms with E-state index in [0.717, 1.165) is 22.9 Å². The van der Waals surface area contributed by atoms with Crippen LogP contribution < -0.4 is 26.4 Å². The fraction of sp³-hybridized carbons (Fsp3) is 0.118. The van der Waals surface area contributed by atoms with Gasteiger partial charge < -0.3 is 27.4 Å². The Balaban J connectivity index is 0.00000132. The number of imidazole rings is 1. The summed E-state index contributed by atoms with van der Waals surface area (Å²) in [5, 5.41) is 0. The van der Waals surface area contributed by atoms with E-state index in [4.69, 9.17) is 9.47 Å². The smallest absolute Gasteiger partial charge is 0.254 e. The number of hydrogen-bond donors (Lipinski definition) is 0. The second-order valence-electron chi connectivity index (χ2n) is 4.62. The quantitative estimate of drug-likeness (QED) is 0.572. The van der Waals surface area contributed by atoms with Crippen molar-refractivity contribution in [2.45, 2.75) is 0 Å². The minimum Gasteiger partial charge on any atom is -1.00 e. The van der Waals surface area contributed by atoms with Crippen LogP contribution in [-0.2, 0) is 0 Å². The van der Waals surface area contributed by atoms with E-state index in [2.05, 4.69) is 9.13 Å². The van der Waals surface area contributed by atoms with Crippen molar-refractivity contribution in [1.82, 2.24) is 4.57 Å². The van der Waals surface area contributed by atoms with Crippen LogP contribution in [0.25, 0.3) is 11.4 Å². The predicted octanol–water partition coefficient (Wildman–Crippen LogP) is -1.05. The number of hydrogen-bond acceptors (Lipinski definition) is 2. The largest absolute Gasteiger partial charge is 1.00 e. The van der Waals surface area contributed by atoms with Gasteiger partial charge in [-0.1, -0.05) is 0 Å². The van der Waals surface area contributed by atoms with Crippen LogP contribution in [-0.4, -0.2) is 24.3 Å². The van der Waals surface area contributed by atoms with Gasteiger partial charge in [0, 0.05) is 0 Å². The van der Waals surface area contributed by atoms with E-state index in [9.17, 15) is 0 Å². The molecule has 2 N–H and O–H groups in total. The number of nitrogens with zero attached hydrogens (tertiary/aromatic N) is 2. The van der Waals surface area contributed by atoms with Crippen molar-refractivity contribution in [3.8, 4) is 22.9 Å². The van der Waals surface area contributed by atoms with Gasteiger partial charge in [-0.2, -0.15) is 0 Å². The predicted molar refractivity (Wildman–Crippen MR) is 84.0 cm³/mol. The van der Waals surface area contributed by atoms with Gasteiger partial charge >= 0.3 is 0 Å². The van der Waals surface area contributed by atoms with Crippen molar-refractivity contribution < 1.29 is 31.9 Å². The highest BCUT2D eigenvalue weighted by Crippen LogP contribution is 2.15. The van der Waals surface area contributed by atoms with E-state index < -0.39 is 0 Å². The number of ether oxygens (including phenoxy) is 2. The molecular formula is C17H19ClN2O3. The zero-order valence-corrected chi connectivity index (χ0v) is 13.7. The van der Waals surface area contributed by atoms with Gasteiger partial charge in [0.2, 0.25) is 0 Å². The number of halogens is 1. The summed E-state index contributed by atoms with van der Waals surface area (Å²) in [6, 6.07) is 15.9. The molecule has 3 aromatic rings. The molecule has 0 bridgehead atoms. The molecule has 0 saturated carbocycles. The SMILES string of the molecule is COc1ccc(-n2cc[n+](-c3ccc(OC)cc3)c2)cc1.O.[Cl-]. The van der Waals surface area contributed by atoms with Crippen LogP contribution >= 0.6 is 0 Å². The van der Waals surface area contributed by atoms with Crippen molar-refractivity contribution >= 4 is 0 Å². The third kappa shape index (κ3) is 4.03. The Morgan fingerprint density at radius 1 is 0.826 bits per heavy atom. The van der Waals surface area contributed by atoms with Crippen molar-refractivity contribution in [2.75, 3.05) is 14.2 Å². The number of rotatable bonds is 4. The van der Waals surface area contributed by atoms with Gasteiger partial charge in [-0.15, -0.1) is 0 Å². The molecule has 0 amide bonds. The van der Waals surface area contributed by atoms with Gasteiger partial charge in [0.15, 0.2) is 0 Å². The molecule has 0 aliphatic heterocycles. The van der Waals surface area contributed by atoms with Gasteiger partial charge in [0.25, 0.3) is 6.33 Å². The number of methoxy groups -OCH3 is 2. The van der Waals surface area contributed by atoms with E-state index >= 15 is 0 Å². The molecule has 3 rings (SSSR count). The van der Waals surface area contributed by atoms with Crippen LogP contribution in [0.3, 0.4) is 0 Å². The summed E-state index contributed by atoms with van der Waals surface area (Å²) in [5.41, 5.74) is 2.17. The van der Waals surface area contributed by atoms with E-state index in [1.807, 2.05) is 67.3 Å². The Morgan fingerprint density at radius 3 is 1.87 bits per heavy atom. The Labute approximate surface area is 141 Å². The molecule has 122 valence electrons. The minimum atomic E-state index is 0. The van der Waals surface area contributed by atoms with Crippen LogP contribution in [0.15, 0.2) is 67.3 Å². The lowest BCUT2D eigenvalue weighted by molar-refractivity contribution is -0.594. The lowest BCUT2D eigenvalue weighted by Gasteiger charge is -2.00. The molecule has 5 nitrogen and oxygen atoms in total. The van der Waals surface area contributed by atoms with Gasteiger partial charge in [0.05, 0.1) is 14.2 Å². The molecular weight excluding hydrogens is 316 g/mol. The highest BCUT2D eigenvalue weighted by atomic mass is 35.5. The molecule has 1 aromatic heterocycles. The lowest BCUT2D eigenvalue weighted by Crippen LogP contribution is -3.00. The zero-order chi connectivity index (χ0) is 14.7. The third-order valence-corrected chi connectivity index (χ3v) is 3.38. The second-order valence-corrected chi connectivity index (χ2v) is 4.62. The topological polar surface area (TPSA) is 58.8 Å². The van der Waals surface area contributed by atoms with Crippen molar-refractivity contribution in [3.63, 3.8) is 0 Å². The van der Waals surface area contributed by atoms with E-state index in [0.29, 0.717) is 0 Å². The van der Waals surface area contributed by atoms with E-state index in [1.54, 1.807) is 14.2 Å². The molecule has 23 heavy (non-hydrogen) atoms. The molecule has 6 heteroatoms. The first-order valence-electron chi connectivity index (χ1n) is 6.68. The van der Waals surface area contributed by atoms with Gasteiger partial charge in [0.1, 0.15) is 35.3 Å². The summed E-state index contributed by atoms with van der Waals surface area (Å²) in [6.45, 7) is 0. The summed E-state index contributed by atoms with van der Waals surface area (Å²) in [6.07, 6.45) is 6.07. The molecule has 2 aromatic carbocycles. The average molecular weight is 335 g/mol. The Morgan fingerprint density at radius 2 is 1.35 bits per heavy atom. The van der Waals surface area contributed by atoms with E-state index in [1.165, 1.54) is 0 Å². The molecule has 0 unspecified atom stereocenters. The van der Waals surface area contributed by atoms with Crippen LogP contribution in [0, 0.1) is 0 Å². The normalized spacial score (nSPS) is 9.48. The third-order valence-electron chi connectivity index (χ3n) is 3.38. The summed E-state index contributed by atoms with van der Waals surface area (Å²) >= 11 is 0. The maximum atomic E-state index is 5.18. The standard InChI is InChI=1S/C17H17N2O2.ClH.H2O/c1-20-16-7-3-14(4-8-16)18-11-12-19(13-18)15-5-9-17(21-2)10-6-15;;/h3-13H,1-2H3;1H;1H2/q+1;;/p-1. The Hall–Kier alpha value is -2.50. The fourth-order valence-corrected chi connectivity index (χ4v) is 2.17. The first kappa shape index (κ1) is 18.5. The fourth-order valence-electron chi connectivity index (χ4n) is 2.17. The lowest BCUT2D eigenvalue weighted by atomic mass is 10.3. The molecule has 0 aliphatic rings. The van der Waals surface area contributed by atoms with Crippen LogP contribution in [0.1, 0.15) is 0 Å². The maximum absolute atomic E-state index is 5.18. The van der Waals surface area contributed by atoms with Crippen LogP contribution in [0.5, 0.6) is 11.5 Å². The summed E-state index contributed by atoms with van der Waals surface area (Å²) < 4.78 is 14.5. The summed E-state index contributed by atoms with van der Waals surface area (Å²) in [4.78, 5) is 0. The van der Waals surface area contributed by atoms with Gasteiger partial charge in [-0.3, -0.25) is 0 Å². The van der Waals surface area contributed by atoms with Crippen LogP contribution in [0.2, 0.25) is 0 Å². The zero-order valence-electron chi connectivity index (χ0n) is 12.9. The second kappa shape index (κ2) is 8.22. The maximum Gasteiger partial charge on any atom is 0.254 e. The average Bonchev–Trinajstić information content (AvgIpc) is 3.05. The molecule has 0 spiro atoms. The van der Waals surface area contributed by atoms with Gasteiger partial charge in [-0.05, 0) is 48.5 Å². The van der Waals surface area contributed by atoms with Crippen molar-refractivity contribution in [1.29, 1.82) is 0 Å². The summed E-state index contributed by atoms with van der Waals surface area (Å²) in [7, 11) is 3.34. The highest BCUT2D eigenvalue weighted by molar-refractivity contribution is 5.37. The number of aromatic nitrogens is 2. The molecule has 0 atom stereocenters. The van der Waals surface area contributed by atoms with Crippen LogP contribution in [0.4, 0.5) is 0 Å². The molecule has 0 fully saturated rings. The molecule has 0 saturated heterocycles. The minimum absolute atomic E-state index is 0. The summed E-state index contributed by atoms with van der Waals surface area (Å²) in [5.74, 6) is 1.71. The number of benzene rings is 2. The monoisotopic (exact) mass is 334 g/mol. The Bertz CT molecular complexity index is 662. The Kier molecular flexibility index (Phi) is 6.63. The molecule has 1 heterocycles. The molecule has 0 aliphatic carbocycles. The first-order valence-corrected chi connectivity index (χ1v) is 6.68. The van der Waals surface area contributed by atoms with Gasteiger partial charge in [-0.25, -0.2) is 9.13 Å². The van der Waals surface area contributed by atoms with Crippen molar-refractivity contribution in [2.24, 2.45) is 0 Å². The molecule has 0 radical (unpaired) electrons. The van der Waals surface area contributed by atoms with Crippen molar-refractivity contribution in [3.05, 3.63) is 67.3 Å². The highest BCUT2D eigenvalue weighted by Gasteiger charge is 2.08. The first-order chi connectivity index (χ1) is 10.3. The van der Waals surface area contributed by atoms with E-state index in [-0.39, 0.29) is 17.9 Å².